The van der Waals surface area contributed by atoms with Crippen LogP contribution in [-0.4, -0.2) is 4.57 Å². The summed E-state index contributed by atoms with van der Waals surface area (Å²) in [5.74, 6) is 0. The van der Waals surface area contributed by atoms with Gasteiger partial charge in [-0.3, -0.25) is 0 Å². The van der Waals surface area contributed by atoms with Gasteiger partial charge < -0.3 is 9.47 Å². The molecular weight excluding hydrogens is 809 g/mol. The highest BCUT2D eigenvalue weighted by Gasteiger charge is 2.36. The molecule has 67 heavy (non-hydrogen) atoms. The van der Waals surface area contributed by atoms with Crippen LogP contribution >= 0.6 is 0 Å². The lowest BCUT2D eigenvalue weighted by Gasteiger charge is -2.28. The monoisotopic (exact) mass is 858 g/mol. The average Bonchev–Trinajstić information content (AvgIpc) is 3.82. The zero-order valence-electron chi connectivity index (χ0n) is 38.3. The van der Waals surface area contributed by atoms with Crippen molar-refractivity contribution in [2.24, 2.45) is 0 Å². The Morgan fingerprint density at radius 2 is 0.746 bits per heavy atom. The molecule has 0 amide bonds. The van der Waals surface area contributed by atoms with Crippen LogP contribution < -0.4 is 4.90 Å². The summed E-state index contributed by atoms with van der Waals surface area (Å²) >= 11 is 0. The van der Waals surface area contributed by atoms with Crippen LogP contribution in [0.1, 0.15) is 36.1 Å². The van der Waals surface area contributed by atoms with Crippen LogP contribution in [0.25, 0.3) is 83.1 Å². The SMILES string of the molecule is Cc1cc(C)cc(-c2ccc(-c3cc(-c4ccccc4)cc(-c4ccc(N(c5ccccc5)c5ccc6c(c5)C(C)(C)c5cc(-n7c8ccccc8c8ccccc87)ccc5-6)cc4)c3)cc2)c1. The van der Waals surface area contributed by atoms with E-state index in [0.29, 0.717) is 0 Å². The molecule has 0 saturated heterocycles. The molecule has 0 atom stereocenters. The van der Waals surface area contributed by atoms with Gasteiger partial charge in [0, 0.05) is 38.9 Å². The first-order valence-electron chi connectivity index (χ1n) is 23.4. The van der Waals surface area contributed by atoms with E-state index in [2.05, 4.69) is 268 Å². The highest BCUT2D eigenvalue weighted by molar-refractivity contribution is 6.09. The molecule has 1 aromatic heterocycles. The van der Waals surface area contributed by atoms with Gasteiger partial charge >= 0.3 is 0 Å². The van der Waals surface area contributed by atoms with Gasteiger partial charge in [0.1, 0.15) is 0 Å². The first kappa shape index (κ1) is 40.3. The van der Waals surface area contributed by atoms with Crippen molar-refractivity contribution in [3.8, 4) is 61.3 Å². The van der Waals surface area contributed by atoms with Gasteiger partial charge in [0.15, 0.2) is 0 Å². The van der Waals surface area contributed by atoms with E-state index >= 15 is 0 Å². The topological polar surface area (TPSA) is 8.17 Å². The average molecular weight is 859 g/mol. The molecule has 320 valence electrons. The second-order valence-corrected chi connectivity index (χ2v) is 18.8. The maximum Gasteiger partial charge on any atom is 0.0541 e. The highest BCUT2D eigenvalue weighted by atomic mass is 15.1. The molecule has 0 radical (unpaired) electrons. The number of benzene rings is 10. The molecule has 12 rings (SSSR count). The second-order valence-electron chi connectivity index (χ2n) is 18.8. The van der Waals surface area contributed by atoms with Crippen LogP contribution in [-0.2, 0) is 5.41 Å². The number of hydrogen-bond donors (Lipinski definition) is 0. The van der Waals surface area contributed by atoms with Crippen LogP contribution in [0.4, 0.5) is 17.1 Å². The fourth-order valence-corrected chi connectivity index (χ4v) is 10.8. The van der Waals surface area contributed by atoms with Crippen LogP contribution in [0.15, 0.2) is 231 Å². The predicted molar refractivity (Wildman–Crippen MR) is 284 cm³/mol. The molecule has 0 spiro atoms. The number of aromatic nitrogens is 1. The minimum Gasteiger partial charge on any atom is -0.310 e. The summed E-state index contributed by atoms with van der Waals surface area (Å²) in [6, 6.07) is 85.1. The lowest BCUT2D eigenvalue weighted by Crippen LogP contribution is -2.17. The summed E-state index contributed by atoms with van der Waals surface area (Å²) in [6.45, 7) is 9.11. The molecule has 10 aromatic carbocycles. The summed E-state index contributed by atoms with van der Waals surface area (Å²) < 4.78 is 2.43. The third-order valence-corrected chi connectivity index (χ3v) is 14.0. The number of aryl methyl sites for hydroxylation is 2. The van der Waals surface area contributed by atoms with Gasteiger partial charge in [-0.1, -0.05) is 177 Å². The molecule has 0 saturated carbocycles. The molecule has 0 bridgehead atoms. The highest BCUT2D eigenvalue weighted by Crippen LogP contribution is 2.52. The minimum absolute atomic E-state index is 0.219. The molecule has 0 aliphatic heterocycles. The van der Waals surface area contributed by atoms with Crippen LogP contribution in [0.3, 0.4) is 0 Å². The Balaban J connectivity index is 0.907. The van der Waals surface area contributed by atoms with Crippen molar-refractivity contribution in [1.29, 1.82) is 0 Å². The smallest absolute Gasteiger partial charge is 0.0541 e. The summed E-state index contributed by atoms with van der Waals surface area (Å²) in [6.07, 6.45) is 0. The molecule has 1 aliphatic carbocycles. The summed E-state index contributed by atoms with van der Waals surface area (Å²) in [7, 11) is 0. The Bertz CT molecular complexity index is 3580. The summed E-state index contributed by atoms with van der Waals surface area (Å²) in [5, 5.41) is 2.56. The van der Waals surface area contributed by atoms with E-state index < -0.39 is 0 Å². The van der Waals surface area contributed by atoms with Gasteiger partial charge in [-0.2, -0.15) is 0 Å². The first-order chi connectivity index (χ1) is 32.8. The number of anilines is 3. The number of para-hydroxylation sites is 3. The largest absolute Gasteiger partial charge is 0.310 e. The second kappa shape index (κ2) is 16.0. The molecule has 0 unspecified atom stereocenters. The Morgan fingerprint density at radius 1 is 0.328 bits per heavy atom. The predicted octanol–water partition coefficient (Wildman–Crippen LogP) is 17.8. The molecule has 1 heterocycles. The zero-order chi connectivity index (χ0) is 45.2. The van der Waals surface area contributed by atoms with Gasteiger partial charge in [-0.05, 0) is 159 Å². The summed E-state index contributed by atoms with van der Waals surface area (Å²) in [5.41, 5.74) is 24.3. The van der Waals surface area contributed by atoms with E-state index in [1.165, 1.54) is 105 Å². The lowest BCUT2D eigenvalue weighted by molar-refractivity contribution is 0.660. The quantitative estimate of drug-likeness (QED) is 0.148. The Labute approximate surface area is 393 Å². The summed E-state index contributed by atoms with van der Waals surface area (Å²) in [4.78, 5) is 2.40. The molecule has 0 N–H and O–H groups in total. The minimum atomic E-state index is -0.219. The van der Waals surface area contributed by atoms with E-state index in [4.69, 9.17) is 0 Å². The lowest BCUT2D eigenvalue weighted by atomic mass is 9.82. The van der Waals surface area contributed by atoms with Crippen molar-refractivity contribution in [1.82, 2.24) is 4.57 Å². The van der Waals surface area contributed by atoms with Crippen LogP contribution in [0.5, 0.6) is 0 Å². The molecule has 2 heteroatoms. The molecule has 1 aliphatic rings. The maximum atomic E-state index is 2.43. The molecular formula is C65H50N2. The normalized spacial score (nSPS) is 12.6. The number of nitrogens with zero attached hydrogens (tertiary/aromatic N) is 2. The van der Waals surface area contributed by atoms with Gasteiger partial charge in [-0.15, -0.1) is 0 Å². The van der Waals surface area contributed by atoms with Gasteiger partial charge in [0.2, 0.25) is 0 Å². The fraction of sp³-hybridized carbons (Fsp3) is 0.0769. The van der Waals surface area contributed by atoms with Crippen LogP contribution in [0, 0.1) is 13.8 Å². The molecule has 0 fully saturated rings. The van der Waals surface area contributed by atoms with Crippen molar-refractivity contribution < 1.29 is 0 Å². The number of hydrogen-bond acceptors (Lipinski definition) is 1. The Morgan fingerprint density at radius 3 is 1.31 bits per heavy atom. The standard InChI is InChI=1S/C65H50N2/c1-43-35-44(2)37-49(36-43)46-23-25-47(26-24-46)51-38-50(45-15-7-5-8-16-45)39-52(40-51)48-27-29-54(30-28-48)66(53-17-9-6-10-18-53)55-31-33-57-58-34-32-56(42-62(58)65(3,4)61(57)41-55)67-63-21-13-11-19-59(63)60-20-12-14-22-64(60)67/h5-42H,1-4H3. The Kier molecular flexibility index (Phi) is 9.66. The van der Waals surface area contributed by atoms with Crippen molar-refractivity contribution in [3.05, 3.63) is 253 Å². The molecule has 2 nitrogen and oxygen atoms in total. The fourth-order valence-electron chi connectivity index (χ4n) is 10.8. The zero-order valence-corrected chi connectivity index (χ0v) is 38.3. The third kappa shape index (κ3) is 7.05. The van der Waals surface area contributed by atoms with Gasteiger partial charge in [0.05, 0.1) is 11.0 Å². The van der Waals surface area contributed by atoms with E-state index in [0.717, 1.165) is 17.1 Å². The first-order valence-corrected chi connectivity index (χ1v) is 23.4. The van der Waals surface area contributed by atoms with Crippen molar-refractivity contribution in [2.45, 2.75) is 33.1 Å². The van der Waals surface area contributed by atoms with Gasteiger partial charge in [-0.25, -0.2) is 0 Å². The van der Waals surface area contributed by atoms with E-state index in [1.807, 2.05) is 0 Å². The van der Waals surface area contributed by atoms with Crippen molar-refractivity contribution in [3.63, 3.8) is 0 Å². The maximum absolute atomic E-state index is 2.43. The van der Waals surface area contributed by atoms with Gasteiger partial charge in [0.25, 0.3) is 0 Å². The Hall–Kier alpha value is -8.20. The molecule has 11 aromatic rings. The van der Waals surface area contributed by atoms with E-state index in [-0.39, 0.29) is 5.41 Å². The van der Waals surface area contributed by atoms with E-state index in [9.17, 15) is 0 Å². The number of rotatable bonds is 8. The van der Waals surface area contributed by atoms with E-state index in [1.54, 1.807) is 0 Å². The number of fused-ring (bicyclic) bond motifs is 6. The van der Waals surface area contributed by atoms with Crippen molar-refractivity contribution in [2.75, 3.05) is 4.90 Å². The van der Waals surface area contributed by atoms with Crippen LogP contribution in [0.2, 0.25) is 0 Å². The van der Waals surface area contributed by atoms with Crippen molar-refractivity contribution >= 4 is 38.9 Å². The third-order valence-electron chi connectivity index (χ3n) is 14.0.